The van der Waals surface area contributed by atoms with Gasteiger partial charge in [0.1, 0.15) is 48.8 Å². The molecule has 44 heavy (non-hydrogen) atoms. The highest BCUT2D eigenvalue weighted by Crippen LogP contribution is 2.27. The second-order valence-electron chi connectivity index (χ2n) is 11.9. The average molecular weight is 627 g/mol. The summed E-state index contributed by atoms with van der Waals surface area (Å²) >= 11 is 0. The molecule has 10 atom stereocenters. The lowest BCUT2D eigenvalue weighted by Gasteiger charge is -2.40. The largest absolute Gasteiger partial charge is 0.388 e. The maximum atomic E-state index is 13.8. The lowest BCUT2D eigenvalue weighted by molar-refractivity contribution is -0.292. The van der Waals surface area contributed by atoms with Crippen LogP contribution in [0.1, 0.15) is 65.2 Å². The summed E-state index contributed by atoms with van der Waals surface area (Å²) in [4.78, 5) is 13.8. The molecule has 4 rings (SSSR count). The highest BCUT2D eigenvalue weighted by Gasteiger charge is 2.46. The van der Waals surface area contributed by atoms with Gasteiger partial charge in [-0.05, 0) is 25.0 Å². The molecule has 0 aliphatic carbocycles. The number of aromatic nitrogens is 2. The minimum absolute atomic E-state index is 0.161. The molecular formula is C31H50N2O11. The fraction of sp³-hybridized carbons (Fsp3) is 0.774. The molecular weight excluding hydrogens is 576 g/mol. The van der Waals surface area contributed by atoms with Crippen LogP contribution in [-0.2, 0) is 32.0 Å². The van der Waals surface area contributed by atoms with E-state index in [1.165, 1.54) is 9.13 Å². The third kappa shape index (κ3) is 8.08. The number of hydrogen-bond donors (Lipinski definition) is 6. The molecule has 2 aliphatic rings. The second-order valence-corrected chi connectivity index (χ2v) is 11.9. The van der Waals surface area contributed by atoms with Crippen LogP contribution in [0.5, 0.6) is 0 Å². The zero-order valence-corrected chi connectivity index (χ0v) is 25.7. The Morgan fingerprint density at radius 3 is 1.43 bits per heavy atom. The number of ether oxygens (including phenoxy) is 4. The third-order valence-corrected chi connectivity index (χ3v) is 8.59. The molecule has 3 heterocycles. The van der Waals surface area contributed by atoms with Crippen molar-refractivity contribution in [2.45, 2.75) is 140 Å². The van der Waals surface area contributed by atoms with Crippen molar-refractivity contribution in [2.24, 2.45) is 0 Å². The van der Waals surface area contributed by atoms with Gasteiger partial charge in [-0.1, -0.05) is 64.5 Å². The van der Waals surface area contributed by atoms with Crippen molar-refractivity contribution in [2.75, 3.05) is 13.2 Å². The van der Waals surface area contributed by atoms with Crippen LogP contribution in [0.4, 0.5) is 0 Å². The number of hydrogen-bond acceptors (Lipinski definition) is 11. The highest BCUT2D eigenvalue weighted by atomic mass is 16.7. The molecule has 2 aromatic rings. The number of rotatable bonds is 16. The molecule has 0 unspecified atom stereocenters. The Morgan fingerprint density at radius 2 is 1.05 bits per heavy atom. The fourth-order valence-corrected chi connectivity index (χ4v) is 6.01. The van der Waals surface area contributed by atoms with Gasteiger partial charge in [-0.3, -0.25) is 9.13 Å². The van der Waals surface area contributed by atoms with Gasteiger partial charge < -0.3 is 49.6 Å². The Balaban J connectivity index is 1.51. The summed E-state index contributed by atoms with van der Waals surface area (Å²) in [5.41, 5.74) is 0.495. The normalized spacial score (nSPS) is 32.8. The van der Waals surface area contributed by atoms with Crippen molar-refractivity contribution in [1.29, 1.82) is 0 Å². The van der Waals surface area contributed by atoms with Gasteiger partial charge in [0.05, 0.1) is 24.1 Å². The molecule has 2 aliphatic heterocycles. The summed E-state index contributed by atoms with van der Waals surface area (Å²) in [5, 5.41) is 63.9. The van der Waals surface area contributed by atoms with Crippen molar-refractivity contribution in [3.05, 3.63) is 34.7 Å². The van der Waals surface area contributed by atoms with E-state index in [9.17, 15) is 35.4 Å². The maximum absolute atomic E-state index is 13.8. The Hall–Kier alpha value is -1.91. The minimum atomic E-state index is -1.62. The number of aliphatic hydroxyl groups excluding tert-OH is 6. The van der Waals surface area contributed by atoms with Crippen molar-refractivity contribution in [3.8, 4) is 0 Å². The van der Waals surface area contributed by atoms with Gasteiger partial charge in [-0.2, -0.15) is 0 Å². The molecule has 0 spiro atoms. The van der Waals surface area contributed by atoms with Gasteiger partial charge in [-0.15, -0.1) is 0 Å². The number of imidazole rings is 1. The van der Waals surface area contributed by atoms with Gasteiger partial charge in [0, 0.05) is 13.2 Å². The molecule has 250 valence electrons. The van der Waals surface area contributed by atoms with Crippen LogP contribution in [0, 0.1) is 0 Å². The van der Waals surface area contributed by atoms with E-state index in [2.05, 4.69) is 13.8 Å². The summed E-state index contributed by atoms with van der Waals surface area (Å²) in [6.07, 6.45) is -5.65. The number of nitrogens with zero attached hydrogens (tertiary/aromatic N) is 2. The number of benzene rings is 1. The van der Waals surface area contributed by atoms with E-state index < -0.39 is 67.1 Å². The minimum Gasteiger partial charge on any atom is -0.388 e. The summed E-state index contributed by atoms with van der Waals surface area (Å²) in [7, 11) is 0. The van der Waals surface area contributed by atoms with Crippen molar-refractivity contribution < 1.29 is 49.6 Å². The van der Waals surface area contributed by atoms with Crippen LogP contribution >= 0.6 is 0 Å². The van der Waals surface area contributed by atoms with E-state index in [4.69, 9.17) is 18.9 Å². The van der Waals surface area contributed by atoms with Gasteiger partial charge >= 0.3 is 5.69 Å². The smallest absolute Gasteiger partial charge is 0.329 e. The first-order chi connectivity index (χ1) is 21.2. The predicted octanol–water partition coefficient (Wildman–Crippen LogP) is 0.612. The number of aliphatic hydroxyl groups is 6. The van der Waals surface area contributed by atoms with Crippen molar-refractivity contribution in [1.82, 2.24) is 9.13 Å². The zero-order chi connectivity index (χ0) is 31.8. The van der Waals surface area contributed by atoms with E-state index in [0.717, 1.165) is 51.4 Å². The molecule has 0 bridgehead atoms. The molecule has 1 aromatic carbocycles. The van der Waals surface area contributed by atoms with E-state index in [-0.39, 0.29) is 13.1 Å². The van der Waals surface area contributed by atoms with Crippen LogP contribution in [0.3, 0.4) is 0 Å². The van der Waals surface area contributed by atoms with Crippen LogP contribution in [-0.4, -0.2) is 114 Å². The lowest BCUT2D eigenvalue weighted by Crippen LogP contribution is -2.60. The molecule has 2 saturated heterocycles. The monoisotopic (exact) mass is 626 g/mol. The highest BCUT2D eigenvalue weighted by molar-refractivity contribution is 5.76. The summed E-state index contributed by atoms with van der Waals surface area (Å²) in [6.45, 7) is 4.45. The van der Waals surface area contributed by atoms with E-state index >= 15 is 0 Å². The third-order valence-electron chi connectivity index (χ3n) is 8.59. The van der Waals surface area contributed by atoms with E-state index in [1.54, 1.807) is 24.3 Å². The molecule has 0 amide bonds. The van der Waals surface area contributed by atoms with Crippen LogP contribution in [0.2, 0.25) is 0 Å². The Bertz CT molecular complexity index is 1120. The predicted molar refractivity (Wildman–Crippen MR) is 160 cm³/mol. The quantitative estimate of drug-likeness (QED) is 0.144. The van der Waals surface area contributed by atoms with Crippen LogP contribution in [0.15, 0.2) is 29.1 Å². The van der Waals surface area contributed by atoms with Crippen LogP contribution in [0.25, 0.3) is 11.0 Å². The fourth-order valence-electron chi connectivity index (χ4n) is 6.01. The van der Waals surface area contributed by atoms with Gasteiger partial charge in [-0.25, -0.2) is 4.79 Å². The Kier molecular flexibility index (Phi) is 13.2. The van der Waals surface area contributed by atoms with E-state index in [0.29, 0.717) is 24.2 Å². The molecule has 0 radical (unpaired) electrons. The molecule has 13 nitrogen and oxygen atoms in total. The standard InChI is InChI=1S/C31H50N2O11/c1-3-5-7-11-15-41-27-23(34)21(43-29(38)25(27)36)17-32-19-13-9-10-14-20(19)33(31(32)40)18-22-24(35)28(26(37)30(39)44-22)42-16-12-8-6-4-2/h9-10,13-14,21-30,34-39H,3-8,11-12,15-18H2,1-2H3/t21-,22+,23-,24+,25+,26-,27+,28-,29-,30+. The second kappa shape index (κ2) is 16.6. The van der Waals surface area contributed by atoms with E-state index in [1.807, 2.05) is 0 Å². The number of para-hydroxylation sites is 2. The molecule has 6 N–H and O–H groups in total. The van der Waals surface area contributed by atoms with Gasteiger partial charge in [0.15, 0.2) is 12.6 Å². The zero-order valence-electron chi connectivity index (χ0n) is 25.7. The molecule has 2 fully saturated rings. The summed E-state index contributed by atoms with van der Waals surface area (Å²) in [6, 6.07) is 6.93. The summed E-state index contributed by atoms with van der Waals surface area (Å²) < 4.78 is 25.4. The van der Waals surface area contributed by atoms with Crippen molar-refractivity contribution in [3.63, 3.8) is 0 Å². The Morgan fingerprint density at radius 1 is 0.636 bits per heavy atom. The van der Waals surface area contributed by atoms with Gasteiger partial charge in [0.25, 0.3) is 0 Å². The lowest BCUT2D eigenvalue weighted by atomic mass is 9.98. The maximum Gasteiger partial charge on any atom is 0.329 e. The number of unbranched alkanes of at least 4 members (excludes halogenated alkanes) is 6. The average Bonchev–Trinajstić information content (AvgIpc) is 3.27. The molecule has 1 aromatic heterocycles. The molecule has 0 saturated carbocycles. The summed E-state index contributed by atoms with van der Waals surface area (Å²) in [5.74, 6) is 0. The van der Waals surface area contributed by atoms with Gasteiger partial charge in [0.2, 0.25) is 0 Å². The number of fused-ring (bicyclic) bond motifs is 1. The van der Waals surface area contributed by atoms with Crippen molar-refractivity contribution >= 4 is 11.0 Å². The molecule has 13 heteroatoms. The topological polar surface area (TPSA) is 185 Å². The first-order valence-corrected chi connectivity index (χ1v) is 16.0. The first-order valence-electron chi connectivity index (χ1n) is 16.0. The first kappa shape index (κ1) is 35.0. The Labute approximate surface area is 257 Å². The van der Waals surface area contributed by atoms with Crippen LogP contribution < -0.4 is 5.69 Å². The SMILES string of the molecule is CCCCCCO[C@@H]1[C@@H](O)[C@H](Cn2c(=O)n(C[C@H]3O[C@@H](O)[C@@H](O)[C@@H](OCCCCCC)[C@@H]3O)c3ccccc32)O[C@H](O)[C@@H]1O.